The van der Waals surface area contributed by atoms with E-state index in [4.69, 9.17) is 11.0 Å². The average Bonchev–Trinajstić information content (AvgIpc) is 3.24. The van der Waals surface area contributed by atoms with Gasteiger partial charge >= 0.3 is 0 Å². The van der Waals surface area contributed by atoms with Crippen molar-refractivity contribution in [3.8, 4) is 6.07 Å². The molecule has 135 valence electrons. The number of pyridine rings is 1. The minimum absolute atomic E-state index is 0.367. The van der Waals surface area contributed by atoms with Crippen LogP contribution in [0.1, 0.15) is 30.9 Å². The number of aromatic nitrogens is 2. The number of carbonyl (C=O) groups is 1. The lowest BCUT2D eigenvalue weighted by Crippen LogP contribution is -2.40. The van der Waals surface area contributed by atoms with Gasteiger partial charge in [0.15, 0.2) is 0 Å². The first-order valence-electron chi connectivity index (χ1n) is 8.92. The van der Waals surface area contributed by atoms with E-state index in [0.29, 0.717) is 12.3 Å². The second kappa shape index (κ2) is 6.94. The summed E-state index contributed by atoms with van der Waals surface area (Å²) in [5, 5.41) is 11.5. The van der Waals surface area contributed by atoms with Gasteiger partial charge in [-0.2, -0.15) is 5.26 Å². The summed E-state index contributed by atoms with van der Waals surface area (Å²) in [6.07, 6.45) is 6.13. The highest BCUT2D eigenvalue weighted by Crippen LogP contribution is 2.41. The average molecular weight is 352 g/mol. The first kappa shape index (κ1) is 16.8. The van der Waals surface area contributed by atoms with Crippen molar-refractivity contribution >= 4 is 22.6 Å². The highest BCUT2D eigenvalue weighted by atomic mass is 16.1. The first-order valence-corrected chi connectivity index (χ1v) is 8.92. The summed E-state index contributed by atoms with van der Waals surface area (Å²) >= 11 is 0. The van der Waals surface area contributed by atoms with Gasteiger partial charge in [-0.05, 0) is 37.9 Å². The molecule has 0 bridgehead atoms. The lowest BCUT2D eigenvalue weighted by atomic mass is 9.95. The van der Waals surface area contributed by atoms with Crippen LogP contribution in [-0.4, -0.2) is 45.4 Å². The van der Waals surface area contributed by atoms with Gasteiger partial charge in [-0.15, -0.1) is 0 Å². The molecule has 0 spiro atoms. The van der Waals surface area contributed by atoms with Crippen LogP contribution in [0.3, 0.4) is 0 Å². The van der Waals surface area contributed by atoms with Crippen LogP contribution in [0.4, 0.5) is 5.69 Å². The minimum Gasteiger partial charge on any atom is -0.368 e. The topological polar surface area (TPSA) is 114 Å². The van der Waals surface area contributed by atoms with Crippen molar-refractivity contribution in [1.82, 2.24) is 19.9 Å². The molecule has 4 N–H and O–H groups in total. The molecule has 2 aliphatic heterocycles. The number of fused-ring (bicyclic) bond motifs is 3. The van der Waals surface area contributed by atoms with E-state index in [1.54, 1.807) is 6.20 Å². The summed E-state index contributed by atoms with van der Waals surface area (Å²) < 4.78 is 0. The molecule has 1 radical (unpaired) electrons. The number of aromatic amines is 1. The van der Waals surface area contributed by atoms with Crippen molar-refractivity contribution in [2.24, 2.45) is 11.7 Å². The molecule has 0 saturated carbocycles. The standard InChI is InChI=1S/C18H22N7O/c19-5-1-7-24-8-3-12(4-9-24)11-25-16(17(20)26)15-13-2-6-21-18(13)22-10-14(15)23-25/h2,6,10-12,16,23H,1,3-4,7-9H2,(H2,20,26)(H,21,22). The smallest absolute Gasteiger partial charge is 0.241 e. The zero-order valence-corrected chi connectivity index (χ0v) is 14.5. The van der Waals surface area contributed by atoms with Crippen LogP contribution < -0.4 is 11.2 Å². The number of nitrogens with one attached hydrogen (secondary N) is 2. The number of rotatable bonds is 5. The molecular formula is C18H22N7O. The Morgan fingerprint density at radius 2 is 2.27 bits per heavy atom. The number of likely N-dealkylation sites (tertiary alicyclic amines) is 1. The van der Waals surface area contributed by atoms with E-state index in [9.17, 15) is 4.79 Å². The number of amides is 1. The van der Waals surface area contributed by atoms with Crippen molar-refractivity contribution in [2.45, 2.75) is 25.3 Å². The molecule has 1 saturated heterocycles. The summed E-state index contributed by atoms with van der Waals surface area (Å²) in [5.74, 6) is -0.0145. The number of hydrogen-bond acceptors (Lipinski definition) is 6. The molecule has 1 unspecified atom stereocenters. The van der Waals surface area contributed by atoms with Crippen molar-refractivity contribution in [3.05, 3.63) is 30.6 Å². The van der Waals surface area contributed by atoms with E-state index >= 15 is 0 Å². The van der Waals surface area contributed by atoms with Crippen molar-refractivity contribution in [2.75, 3.05) is 25.1 Å². The number of piperidine rings is 1. The van der Waals surface area contributed by atoms with Gasteiger partial charge in [-0.3, -0.25) is 4.79 Å². The molecule has 8 heteroatoms. The Bertz CT molecular complexity index is 847. The van der Waals surface area contributed by atoms with Crippen LogP contribution in [0.25, 0.3) is 11.0 Å². The van der Waals surface area contributed by atoms with Gasteiger partial charge in [0.05, 0.1) is 24.5 Å². The molecule has 4 rings (SSSR count). The van der Waals surface area contributed by atoms with E-state index in [0.717, 1.165) is 54.8 Å². The largest absolute Gasteiger partial charge is 0.368 e. The molecule has 1 amide bonds. The van der Waals surface area contributed by atoms with Gasteiger partial charge in [0.25, 0.3) is 0 Å². The quantitative estimate of drug-likeness (QED) is 0.752. The fourth-order valence-electron chi connectivity index (χ4n) is 3.92. The number of H-pyrrole nitrogens is 1. The number of nitrogens with two attached hydrogens (primary N) is 1. The van der Waals surface area contributed by atoms with E-state index in [1.807, 2.05) is 17.3 Å². The van der Waals surface area contributed by atoms with Crippen LogP contribution in [0.15, 0.2) is 18.5 Å². The Kier molecular flexibility index (Phi) is 4.49. The normalized spacial score (nSPS) is 21.4. The molecule has 4 heterocycles. The van der Waals surface area contributed by atoms with Gasteiger partial charge in [0.1, 0.15) is 11.7 Å². The third-order valence-electron chi connectivity index (χ3n) is 5.24. The molecular weight excluding hydrogens is 330 g/mol. The second-order valence-corrected chi connectivity index (χ2v) is 6.89. The third-order valence-corrected chi connectivity index (χ3v) is 5.24. The molecule has 0 aromatic carbocycles. The molecule has 0 aliphatic carbocycles. The number of nitrogens with zero attached hydrogens (tertiary/aromatic N) is 4. The van der Waals surface area contributed by atoms with Gasteiger partial charge in [-0.1, -0.05) is 0 Å². The Morgan fingerprint density at radius 3 is 3.00 bits per heavy atom. The highest BCUT2D eigenvalue weighted by molar-refractivity contribution is 5.94. The first-order chi connectivity index (χ1) is 12.7. The number of hydrogen-bond donors (Lipinski definition) is 3. The predicted octanol–water partition coefficient (Wildman–Crippen LogP) is 1.52. The summed E-state index contributed by atoms with van der Waals surface area (Å²) in [6, 6.07) is 3.59. The Balaban J connectivity index is 1.48. The summed E-state index contributed by atoms with van der Waals surface area (Å²) in [6.45, 7) is 4.86. The lowest BCUT2D eigenvalue weighted by molar-refractivity contribution is -0.122. The minimum atomic E-state index is -0.539. The predicted molar refractivity (Wildman–Crippen MR) is 97.2 cm³/mol. The van der Waals surface area contributed by atoms with Gasteiger partial charge < -0.3 is 21.0 Å². The third kappa shape index (κ3) is 3.00. The van der Waals surface area contributed by atoms with Crippen LogP contribution in [-0.2, 0) is 4.79 Å². The van der Waals surface area contributed by atoms with Crippen molar-refractivity contribution in [1.29, 1.82) is 5.26 Å². The fourth-order valence-corrected chi connectivity index (χ4v) is 3.92. The Hall–Kier alpha value is -2.63. The maximum Gasteiger partial charge on any atom is 0.241 e. The number of hydrazine groups is 1. The summed E-state index contributed by atoms with van der Waals surface area (Å²) in [4.78, 5) is 22.0. The van der Waals surface area contributed by atoms with Gasteiger partial charge in [0.2, 0.25) is 5.91 Å². The van der Waals surface area contributed by atoms with Gasteiger partial charge in [-0.25, -0.2) is 9.99 Å². The molecule has 1 fully saturated rings. The maximum atomic E-state index is 12.2. The lowest BCUT2D eigenvalue weighted by Gasteiger charge is -2.34. The molecule has 2 aromatic heterocycles. The van der Waals surface area contributed by atoms with Crippen molar-refractivity contribution < 1.29 is 4.79 Å². The van der Waals surface area contributed by atoms with Crippen molar-refractivity contribution in [3.63, 3.8) is 0 Å². The maximum absolute atomic E-state index is 12.2. The molecule has 1 atom stereocenters. The summed E-state index contributed by atoms with van der Waals surface area (Å²) in [7, 11) is 0. The number of carbonyl (C=O) groups excluding carboxylic acids is 1. The molecule has 2 aromatic rings. The van der Waals surface area contributed by atoms with Crippen LogP contribution in [0.2, 0.25) is 0 Å². The van der Waals surface area contributed by atoms with E-state index < -0.39 is 6.04 Å². The monoisotopic (exact) mass is 352 g/mol. The van der Waals surface area contributed by atoms with E-state index in [1.165, 1.54) is 0 Å². The Morgan fingerprint density at radius 1 is 1.46 bits per heavy atom. The zero-order valence-electron chi connectivity index (χ0n) is 14.5. The number of primary amides is 1. The summed E-state index contributed by atoms with van der Waals surface area (Å²) in [5.41, 5.74) is 11.5. The Labute approximate surface area is 151 Å². The van der Waals surface area contributed by atoms with E-state index in [2.05, 4.69) is 32.9 Å². The SMILES string of the molecule is N#CCCN1CCC([CH]N2Nc3cnc4[nH]ccc4c3C2C(N)=O)CC1. The molecule has 26 heavy (non-hydrogen) atoms. The van der Waals surface area contributed by atoms with Crippen LogP contribution >= 0.6 is 0 Å². The molecule has 2 aliphatic rings. The highest BCUT2D eigenvalue weighted by Gasteiger charge is 2.38. The second-order valence-electron chi connectivity index (χ2n) is 6.89. The zero-order chi connectivity index (χ0) is 18.1. The van der Waals surface area contributed by atoms with Gasteiger partial charge in [0, 0.05) is 30.1 Å². The number of nitriles is 1. The van der Waals surface area contributed by atoms with Crippen LogP contribution in [0.5, 0.6) is 0 Å². The number of anilines is 1. The van der Waals surface area contributed by atoms with E-state index in [-0.39, 0.29) is 5.91 Å². The molecule has 8 nitrogen and oxygen atoms in total. The van der Waals surface area contributed by atoms with Crippen LogP contribution in [0, 0.1) is 23.8 Å². The fraction of sp³-hybridized carbons (Fsp3) is 0.444.